The highest BCUT2D eigenvalue weighted by molar-refractivity contribution is 5.43. The molecule has 0 saturated carbocycles. The summed E-state index contributed by atoms with van der Waals surface area (Å²) in [6.45, 7) is 5.85. The second-order valence-electron chi connectivity index (χ2n) is 4.62. The molecule has 1 atom stereocenters. The monoisotopic (exact) mass is 251 g/mol. The Morgan fingerprint density at radius 2 is 2.17 bits per heavy atom. The maximum atomic E-state index is 5.20. The van der Waals surface area contributed by atoms with Crippen LogP contribution in [0.2, 0.25) is 0 Å². The molecule has 1 aromatic rings. The lowest BCUT2D eigenvalue weighted by molar-refractivity contribution is 0.183. The van der Waals surface area contributed by atoms with Gasteiger partial charge in [-0.2, -0.15) is 0 Å². The van der Waals surface area contributed by atoms with Crippen LogP contribution in [0.1, 0.15) is 25.1 Å². The number of nitrogens with zero attached hydrogens (tertiary/aromatic N) is 2. The SMILES string of the molecule is CCc1cc(CNC)cc(N(C)C(C)COC)n1. The van der Waals surface area contributed by atoms with Crippen LogP contribution in [0.4, 0.5) is 5.82 Å². The van der Waals surface area contributed by atoms with Crippen LogP contribution < -0.4 is 10.2 Å². The van der Waals surface area contributed by atoms with Gasteiger partial charge in [0.2, 0.25) is 0 Å². The first-order valence-electron chi connectivity index (χ1n) is 6.48. The number of methoxy groups -OCH3 is 1. The van der Waals surface area contributed by atoms with Gasteiger partial charge < -0.3 is 15.0 Å². The first-order valence-corrected chi connectivity index (χ1v) is 6.48. The molecule has 1 N–H and O–H groups in total. The summed E-state index contributed by atoms with van der Waals surface area (Å²) in [7, 11) is 5.75. The number of aryl methyl sites for hydroxylation is 1. The fraction of sp³-hybridized carbons (Fsp3) is 0.643. The standard InChI is InChI=1S/C14H25N3O/c1-6-13-7-12(9-15-3)8-14(16-13)17(4)11(2)10-18-5/h7-8,11,15H,6,9-10H2,1-5H3. The number of nitrogens with one attached hydrogen (secondary N) is 1. The van der Waals surface area contributed by atoms with E-state index in [4.69, 9.17) is 4.74 Å². The third-order valence-electron chi connectivity index (χ3n) is 3.10. The maximum Gasteiger partial charge on any atom is 0.129 e. The van der Waals surface area contributed by atoms with Crippen molar-refractivity contribution >= 4 is 5.82 Å². The molecule has 1 heterocycles. The van der Waals surface area contributed by atoms with Crippen LogP contribution in [0.25, 0.3) is 0 Å². The molecule has 0 fully saturated rings. The summed E-state index contributed by atoms with van der Waals surface area (Å²) in [6, 6.07) is 4.62. The Morgan fingerprint density at radius 3 is 2.72 bits per heavy atom. The quantitative estimate of drug-likeness (QED) is 0.802. The number of rotatable bonds is 7. The van der Waals surface area contributed by atoms with Gasteiger partial charge in [0, 0.05) is 26.4 Å². The largest absolute Gasteiger partial charge is 0.383 e. The topological polar surface area (TPSA) is 37.4 Å². The molecule has 0 radical (unpaired) electrons. The molecule has 0 amide bonds. The average molecular weight is 251 g/mol. The van der Waals surface area contributed by atoms with Crippen LogP contribution in [0.5, 0.6) is 0 Å². The summed E-state index contributed by atoms with van der Waals surface area (Å²) >= 11 is 0. The molecule has 0 aromatic carbocycles. The number of hydrogen-bond donors (Lipinski definition) is 1. The minimum absolute atomic E-state index is 0.317. The van der Waals surface area contributed by atoms with Gasteiger partial charge in [-0.15, -0.1) is 0 Å². The lowest BCUT2D eigenvalue weighted by Crippen LogP contribution is -2.33. The Labute approximate surface area is 110 Å². The fourth-order valence-electron chi connectivity index (χ4n) is 1.88. The van der Waals surface area contributed by atoms with Gasteiger partial charge in [0.1, 0.15) is 5.82 Å². The van der Waals surface area contributed by atoms with E-state index in [1.165, 1.54) is 5.56 Å². The summed E-state index contributed by atoms with van der Waals surface area (Å²) in [4.78, 5) is 6.85. The van der Waals surface area contributed by atoms with Crippen LogP contribution in [-0.2, 0) is 17.7 Å². The summed E-state index contributed by atoms with van der Waals surface area (Å²) in [5.41, 5.74) is 2.41. The molecule has 0 spiro atoms. The van der Waals surface area contributed by atoms with Gasteiger partial charge >= 0.3 is 0 Å². The van der Waals surface area contributed by atoms with Crippen molar-refractivity contribution < 1.29 is 4.74 Å². The molecule has 1 unspecified atom stereocenters. The number of hydrogen-bond acceptors (Lipinski definition) is 4. The molecule has 0 aliphatic carbocycles. The van der Waals surface area contributed by atoms with Crippen LogP contribution >= 0.6 is 0 Å². The highest BCUT2D eigenvalue weighted by atomic mass is 16.5. The van der Waals surface area contributed by atoms with E-state index in [0.29, 0.717) is 12.6 Å². The van der Waals surface area contributed by atoms with Crippen molar-refractivity contribution in [1.29, 1.82) is 0 Å². The Hall–Kier alpha value is -1.13. The van der Waals surface area contributed by atoms with Gasteiger partial charge in [0.05, 0.1) is 12.6 Å². The van der Waals surface area contributed by atoms with Crippen molar-refractivity contribution in [3.05, 3.63) is 23.4 Å². The Morgan fingerprint density at radius 1 is 1.44 bits per heavy atom. The van der Waals surface area contributed by atoms with Crippen molar-refractivity contribution in [2.24, 2.45) is 0 Å². The Balaban J connectivity index is 2.95. The van der Waals surface area contributed by atoms with Crippen LogP contribution in [-0.4, -0.2) is 38.8 Å². The molecule has 0 aliphatic heterocycles. The molecule has 4 heteroatoms. The molecular formula is C14H25N3O. The van der Waals surface area contributed by atoms with E-state index < -0.39 is 0 Å². The predicted molar refractivity (Wildman–Crippen MR) is 76.1 cm³/mol. The zero-order valence-corrected chi connectivity index (χ0v) is 12.2. The first kappa shape index (κ1) is 14.9. The second-order valence-corrected chi connectivity index (χ2v) is 4.62. The van der Waals surface area contributed by atoms with Crippen LogP contribution in [0, 0.1) is 0 Å². The average Bonchev–Trinajstić information content (AvgIpc) is 2.38. The van der Waals surface area contributed by atoms with E-state index >= 15 is 0 Å². The number of aromatic nitrogens is 1. The zero-order valence-electron chi connectivity index (χ0n) is 12.2. The number of ether oxygens (including phenoxy) is 1. The molecule has 1 aromatic heterocycles. The minimum atomic E-state index is 0.317. The fourth-order valence-corrected chi connectivity index (χ4v) is 1.88. The van der Waals surface area contributed by atoms with E-state index in [0.717, 1.165) is 24.5 Å². The number of likely N-dealkylation sites (N-methyl/N-ethyl adjacent to an activating group) is 1. The van der Waals surface area contributed by atoms with Crippen molar-refractivity contribution in [3.63, 3.8) is 0 Å². The van der Waals surface area contributed by atoms with Crippen LogP contribution in [0.15, 0.2) is 12.1 Å². The molecule has 102 valence electrons. The molecule has 0 bridgehead atoms. The first-order chi connectivity index (χ1) is 8.62. The molecular weight excluding hydrogens is 226 g/mol. The second kappa shape index (κ2) is 7.34. The molecule has 18 heavy (non-hydrogen) atoms. The third-order valence-corrected chi connectivity index (χ3v) is 3.10. The van der Waals surface area contributed by atoms with Gasteiger partial charge in [-0.1, -0.05) is 6.92 Å². The zero-order chi connectivity index (χ0) is 13.5. The highest BCUT2D eigenvalue weighted by Crippen LogP contribution is 2.17. The van der Waals surface area contributed by atoms with E-state index in [2.05, 4.69) is 48.2 Å². The summed E-state index contributed by atoms with van der Waals surface area (Å²) in [5, 5.41) is 3.18. The third kappa shape index (κ3) is 3.96. The lowest BCUT2D eigenvalue weighted by Gasteiger charge is -2.26. The molecule has 4 nitrogen and oxygen atoms in total. The summed E-state index contributed by atoms with van der Waals surface area (Å²) in [5.74, 6) is 1.02. The van der Waals surface area contributed by atoms with E-state index in [1.807, 2.05) is 7.05 Å². The maximum absolute atomic E-state index is 5.20. The Kier molecular flexibility index (Phi) is 6.09. The van der Waals surface area contributed by atoms with Crippen molar-refractivity contribution in [1.82, 2.24) is 10.3 Å². The summed E-state index contributed by atoms with van der Waals surface area (Å²) < 4.78 is 5.20. The number of pyridine rings is 1. The van der Waals surface area contributed by atoms with Gasteiger partial charge in [-0.05, 0) is 38.1 Å². The molecule has 0 aliphatic rings. The van der Waals surface area contributed by atoms with Crippen molar-refractivity contribution in [3.8, 4) is 0 Å². The van der Waals surface area contributed by atoms with E-state index in [1.54, 1.807) is 7.11 Å². The van der Waals surface area contributed by atoms with Crippen molar-refractivity contribution in [2.45, 2.75) is 32.9 Å². The normalized spacial score (nSPS) is 12.5. The number of anilines is 1. The minimum Gasteiger partial charge on any atom is -0.383 e. The van der Waals surface area contributed by atoms with Gasteiger partial charge in [0.15, 0.2) is 0 Å². The summed E-state index contributed by atoms with van der Waals surface area (Å²) in [6.07, 6.45) is 0.955. The van der Waals surface area contributed by atoms with Crippen LogP contribution in [0.3, 0.4) is 0 Å². The lowest BCUT2D eigenvalue weighted by atomic mass is 10.2. The Bertz CT molecular complexity index is 368. The smallest absolute Gasteiger partial charge is 0.129 e. The van der Waals surface area contributed by atoms with Crippen molar-refractivity contribution in [2.75, 3.05) is 32.7 Å². The molecule has 0 saturated heterocycles. The van der Waals surface area contributed by atoms with Gasteiger partial charge in [-0.3, -0.25) is 0 Å². The van der Waals surface area contributed by atoms with E-state index in [9.17, 15) is 0 Å². The molecule has 1 rings (SSSR count). The van der Waals surface area contributed by atoms with E-state index in [-0.39, 0.29) is 0 Å². The highest BCUT2D eigenvalue weighted by Gasteiger charge is 2.12. The van der Waals surface area contributed by atoms with Gasteiger partial charge in [0.25, 0.3) is 0 Å². The predicted octanol–water partition coefficient (Wildman–Crippen LogP) is 1.83. The van der Waals surface area contributed by atoms with Gasteiger partial charge in [-0.25, -0.2) is 4.98 Å².